The van der Waals surface area contributed by atoms with Gasteiger partial charge in [0.1, 0.15) is 11.6 Å². The maximum absolute atomic E-state index is 11.4. The van der Waals surface area contributed by atoms with Crippen molar-refractivity contribution >= 4 is 23.5 Å². The Hall–Kier alpha value is -0.917. The standard InChI is InChI=1S/2C9H16O3.2C3H7O.Zr/c2*1-5-9(3,4)7(10)6(2)8(11)12;2*1-3(2)4;/h2*6H,5H2,1-4H3,(H,11,12);2*3H,1-2H3;/q;;2*-1;+4/p-2. The third kappa shape index (κ3) is 17.2. The topological polar surface area (TPSA) is 133 Å². The van der Waals surface area contributed by atoms with Crippen molar-refractivity contribution in [2.45, 2.75) is 108 Å². The summed E-state index contributed by atoms with van der Waals surface area (Å²) in [6, 6.07) is 0. The Balaban J connectivity index is -0.000000414. The smallest absolute Gasteiger partial charge is 0.146 e. The van der Waals surface area contributed by atoms with Crippen LogP contribution in [0, 0.1) is 22.7 Å². The Morgan fingerprint density at radius 3 is 1.06 bits per heavy atom. The number of carboxylic acids is 2. The number of carboxylic acid groups (broad SMARTS) is 2. The molecule has 0 saturated heterocycles. The van der Waals surface area contributed by atoms with Crippen LogP contribution in [0.4, 0.5) is 0 Å². The van der Waals surface area contributed by atoms with Crippen molar-refractivity contribution in [1.29, 1.82) is 0 Å². The predicted octanol–water partition coefficient (Wildman–Crippen LogP) is 2.50. The fourth-order valence-corrected chi connectivity index (χ4v) is 3.04. The number of Topliss-reactive ketones (excluding diaryl/α,β-unsaturated/α-hetero) is 2. The Kier molecular flexibility index (Phi) is 19.4. The molecule has 0 radical (unpaired) electrons. The third-order valence-corrected chi connectivity index (χ3v) is 7.95. The Morgan fingerprint density at radius 2 is 0.909 bits per heavy atom. The number of carbonyl (C=O) groups excluding carboxylic acids is 4. The van der Waals surface area contributed by atoms with Crippen molar-refractivity contribution in [3.8, 4) is 0 Å². The van der Waals surface area contributed by atoms with Crippen LogP contribution < -0.4 is 10.2 Å². The summed E-state index contributed by atoms with van der Waals surface area (Å²) in [6.45, 7) is 21.6. The Labute approximate surface area is 213 Å². The van der Waals surface area contributed by atoms with Crippen molar-refractivity contribution in [1.82, 2.24) is 0 Å². The molecule has 2 unspecified atom stereocenters. The van der Waals surface area contributed by atoms with Gasteiger partial charge in [-0.25, -0.2) is 0 Å². The molecule has 0 amide bonds. The molecule has 9 heteroatoms. The third-order valence-electron chi connectivity index (χ3n) is 5.16. The van der Waals surface area contributed by atoms with Gasteiger partial charge in [-0.1, -0.05) is 55.4 Å². The molecule has 33 heavy (non-hydrogen) atoms. The van der Waals surface area contributed by atoms with E-state index in [2.05, 4.69) is 0 Å². The van der Waals surface area contributed by atoms with E-state index in [0.29, 0.717) is 25.0 Å². The summed E-state index contributed by atoms with van der Waals surface area (Å²) in [5.41, 5.74) is -1.11. The van der Waals surface area contributed by atoms with Gasteiger partial charge in [0.15, 0.2) is 0 Å². The van der Waals surface area contributed by atoms with Crippen LogP contribution in [0.2, 0.25) is 0 Å². The van der Waals surface area contributed by atoms with E-state index in [0.717, 1.165) is 0 Å². The second-order valence-corrected chi connectivity index (χ2v) is 11.3. The van der Waals surface area contributed by atoms with Gasteiger partial charge >= 0.3 is 69.6 Å². The maximum atomic E-state index is 11.4. The summed E-state index contributed by atoms with van der Waals surface area (Å²) in [6.07, 6.45) is 1.97. The first-order valence-electron chi connectivity index (χ1n) is 11.3. The number of hydrogen-bond donors (Lipinski definition) is 0. The molecule has 0 aromatic rings. The Morgan fingerprint density at radius 1 is 0.667 bits per heavy atom. The minimum atomic E-state index is -1.29. The fraction of sp³-hybridized carbons (Fsp3) is 0.833. The number of rotatable bonds is 12. The van der Waals surface area contributed by atoms with Crippen LogP contribution in [0.5, 0.6) is 0 Å². The number of ketones is 2. The average molecular weight is 552 g/mol. The number of hydrogen-bond acceptors (Lipinski definition) is 8. The van der Waals surface area contributed by atoms with Gasteiger partial charge in [0.2, 0.25) is 0 Å². The van der Waals surface area contributed by atoms with Gasteiger partial charge in [-0.15, -0.1) is 0 Å². The van der Waals surface area contributed by atoms with Crippen molar-refractivity contribution < 1.29 is 59.1 Å². The van der Waals surface area contributed by atoms with Crippen LogP contribution in [-0.4, -0.2) is 35.7 Å². The predicted molar refractivity (Wildman–Crippen MR) is 119 cm³/mol. The number of aliphatic carboxylic acids is 2. The van der Waals surface area contributed by atoms with Crippen LogP contribution in [0.25, 0.3) is 0 Å². The first-order valence-corrected chi connectivity index (χ1v) is 13.4. The molecule has 0 fully saturated rings. The first-order chi connectivity index (χ1) is 14.8. The van der Waals surface area contributed by atoms with Gasteiger partial charge in [-0.3, -0.25) is 9.59 Å². The largest absolute Gasteiger partial charge is 0.549 e. The molecule has 0 N–H and O–H groups in total. The molecule has 0 bridgehead atoms. The van der Waals surface area contributed by atoms with Gasteiger partial charge in [0.05, 0.1) is 23.8 Å². The van der Waals surface area contributed by atoms with Crippen LogP contribution in [0.1, 0.15) is 95.9 Å². The number of carbonyl (C=O) groups is 4. The molecule has 0 aliphatic rings. The zero-order valence-electron chi connectivity index (χ0n) is 22.5. The van der Waals surface area contributed by atoms with Crippen LogP contribution in [0.15, 0.2) is 0 Å². The molecule has 2 atom stereocenters. The van der Waals surface area contributed by atoms with E-state index in [1.54, 1.807) is 27.7 Å². The molecule has 0 aromatic heterocycles. The van der Waals surface area contributed by atoms with Crippen molar-refractivity contribution in [3.05, 3.63) is 0 Å². The van der Waals surface area contributed by atoms with E-state index in [-0.39, 0.29) is 11.6 Å². The van der Waals surface area contributed by atoms with E-state index < -0.39 is 58.7 Å². The molecule has 0 rings (SSSR count). The van der Waals surface area contributed by atoms with Gasteiger partial charge in [0.25, 0.3) is 0 Å². The van der Waals surface area contributed by atoms with Gasteiger partial charge in [0, 0.05) is 10.8 Å². The minimum Gasteiger partial charge on any atom is -0.549 e. The van der Waals surface area contributed by atoms with Crippen LogP contribution in [0.3, 0.4) is 0 Å². The average Bonchev–Trinajstić information content (AvgIpc) is 2.71. The SMILES string of the molecule is CC(C)[O][Zr+2][O]C(C)C.CCC(C)(C)C(=O)C(C)C(=O)[O-].CCC(C)(C)C(=O)C(C)C(=O)[O-]. The molecule has 0 aliphatic heterocycles. The summed E-state index contributed by atoms with van der Waals surface area (Å²) < 4.78 is 10.6. The summed E-state index contributed by atoms with van der Waals surface area (Å²) in [7, 11) is 0. The summed E-state index contributed by atoms with van der Waals surface area (Å²) in [4.78, 5) is 43.6. The molecular formula is C24H44O8Zr. The quantitative estimate of drug-likeness (QED) is 0.338. The normalized spacial score (nSPS) is 13.0. The van der Waals surface area contributed by atoms with E-state index >= 15 is 0 Å². The summed E-state index contributed by atoms with van der Waals surface area (Å²) in [5.74, 6) is -5.10. The Bertz CT molecular complexity index is 560. The fourth-order valence-electron chi connectivity index (χ4n) is 1.95. The molecular weight excluding hydrogens is 507 g/mol. The maximum Gasteiger partial charge on any atom is 0.146 e. The molecule has 0 aromatic carbocycles. The van der Waals surface area contributed by atoms with Crippen molar-refractivity contribution in [3.63, 3.8) is 0 Å². The second-order valence-electron chi connectivity index (χ2n) is 9.70. The van der Waals surface area contributed by atoms with E-state index in [1.165, 1.54) is 13.8 Å². The minimum absolute atomic E-state index is 0.259. The zero-order valence-corrected chi connectivity index (χ0v) is 24.9. The summed E-state index contributed by atoms with van der Waals surface area (Å²) in [5, 5.41) is 20.7. The van der Waals surface area contributed by atoms with E-state index in [1.807, 2.05) is 41.5 Å². The van der Waals surface area contributed by atoms with E-state index in [4.69, 9.17) is 5.63 Å². The van der Waals surface area contributed by atoms with E-state index in [9.17, 15) is 29.4 Å². The molecule has 8 nitrogen and oxygen atoms in total. The first kappa shape index (κ1) is 36.6. The molecule has 0 aliphatic carbocycles. The zero-order chi connectivity index (χ0) is 27.2. The second kappa shape index (κ2) is 17.5. The van der Waals surface area contributed by atoms with Gasteiger partial charge < -0.3 is 19.8 Å². The monoisotopic (exact) mass is 550 g/mol. The molecule has 192 valence electrons. The van der Waals surface area contributed by atoms with Crippen molar-refractivity contribution in [2.75, 3.05) is 0 Å². The van der Waals surface area contributed by atoms with Gasteiger partial charge in [-0.05, 0) is 12.8 Å². The van der Waals surface area contributed by atoms with Crippen LogP contribution >= 0.6 is 0 Å². The molecule has 0 spiro atoms. The van der Waals surface area contributed by atoms with Crippen molar-refractivity contribution in [2.24, 2.45) is 22.7 Å². The van der Waals surface area contributed by atoms with Gasteiger partial charge in [-0.2, -0.15) is 0 Å². The molecule has 0 saturated carbocycles. The summed E-state index contributed by atoms with van der Waals surface area (Å²) >= 11 is -0.929. The molecule has 0 heterocycles. The van der Waals surface area contributed by atoms with Crippen LogP contribution in [-0.2, 0) is 48.9 Å².